The number of rotatable bonds is 5. The molecule has 2 N–H and O–H groups in total. The van der Waals surface area contributed by atoms with Gasteiger partial charge >= 0.3 is 0 Å². The SMILES string of the molecule is CCC(Nc1ccc(NC(C)=O)c(C)c1)C(C)C. The first-order valence-corrected chi connectivity index (χ1v) is 6.58. The number of amides is 1. The summed E-state index contributed by atoms with van der Waals surface area (Å²) in [5.74, 6) is 0.567. The number of hydrogen-bond acceptors (Lipinski definition) is 2. The van der Waals surface area contributed by atoms with E-state index in [0.717, 1.165) is 23.4 Å². The van der Waals surface area contributed by atoms with Gasteiger partial charge in [0.1, 0.15) is 0 Å². The third-order valence-electron chi connectivity index (χ3n) is 3.13. The topological polar surface area (TPSA) is 41.1 Å². The van der Waals surface area contributed by atoms with Gasteiger partial charge in [0.2, 0.25) is 5.91 Å². The van der Waals surface area contributed by atoms with E-state index in [9.17, 15) is 4.79 Å². The van der Waals surface area contributed by atoms with E-state index in [1.165, 1.54) is 6.92 Å². The van der Waals surface area contributed by atoms with Crippen molar-refractivity contribution < 1.29 is 4.79 Å². The van der Waals surface area contributed by atoms with Gasteiger partial charge in [-0.05, 0) is 43.0 Å². The van der Waals surface area contributed by atoms with Crippen LogP contribution in [0, 0.1) is 12.8 Å². The second-order valence-corrected chi connectivity index (χ2v) is 5.11. The molecule has 18 heavy (non-hydrogen) atoms. The lowest BCUT2D eigenvalue weighted by atomic mass is 10.0. The number of carbonyl (C=O) groups is 1. The highest BCUT2D eigenvalue weighted by atomic mass is 16.1. The zero-order valence-corrected chi connectivity index (χ0v) is 12.0. The summed E-state index contributed by atoms with van der Waals surface area (Å²) in [4.78, 5) is 11.0. The van der Waals surface area contributed by atoms with Crippen LogP contribution in [0.25, 0.3) is 0 Å². The van der Waals surface area contributed by atoms with Gasteiger partial charge in [-0.2, -0.15) is 0 Å². The summed E-state index contributed by atoms with van der Waals surface area (Å²) in [5, 5.41) is 6.36. The fraction of sp³-hybridized carbons (Fsp3) is 0.533. The normalized spacial score (nSPS) is 12.3. The maximum atomic E-state index is 11.0. The molecule has 0 aliphatic carbocycles. The first-order chi connectivity index (χ1) is 8.43. The Labute approximate surface area is 110 Å². The van der Waals surface area contributed by atoms with Crippen LogP contribution in [-0.4, -0.2) is 11.9 Å². The summed E-state index contributed by atoms with van der Waals surface area (Å²) in [6, 6.07) is 6.53. The van der Waals surface area contributed by atoms with Gasteiger partial charge in [0, 0.05) is 24.3 Å². The molecule has 0 saturated heterocycles. The Hall–Kier alpha value is -1.51. The van der Waals surface area contributed by atoms with E-state index in [1.54, 1.807) is 0 Å². The van der Waals surface area contributed by atoms with E-state index in [1.807, 2.05) is 19.1 Å². The largest absolute Gasteiger partial charge is 0.382 e. The molecule has 1 atom stereocenters. The third kappa shape index (κ3) is 4.06. The van der Waals surface area contributed by atoms with E-state index < -0.39 is 0 Å². The molecule has 0 aliphatic rings. The Bertz CT molecular complexity index is 413. The van der Waals surface area contributed by atoms with Crippen molar-refractivity contribution in [3.8, 4) is 0 Å². The summed E-state index contributed by atoms with van der Waals surface area (Å²) in [7, 11) is 0. The van der Waals surface area contributed by atoms with Crippen LogP contribution in [0.1, 0.15) is 39.7 Å². The number of hydrogen-bond donors (Lipinski definition) is 2. The van der Waals surface area contributed by atoms with E-state index in [2.05, 4.69) is 37.5 Å². The monoisotopic (exact) mass is 248 g/mol. The fourth-order valence-electron chi connectivity index (χ4n) is 2.04. The van der Waals surface area contributed by atoms with Crippen LogP contribution in [0.2, 0.25) is 0 Å². The average Bonchev–Trinajstić information content (AvgIpc) is 2.28. The highest BCUT2D eigenvalue weighted by Crippen LogP contribution is 2.22. The van der Waals surface area contributed by atoms with Crippen molar-refractivity contribution in [3.63, 3.8) is 0 Å². The van der Waals surface area contributed by atoms with Crippen LogP contribution < -0.4 is 10.6 Å². The second kappa shape index (κ2) is 6.43. The molecule has 0 aromatic heterocycles. The zero-order chi connectivity index (χ0) is 13.7. The van der Waals surface area contributed by atoms with Crippen LogP contribution in [0.5, 0.6) is 0 Å². The molecule has 1 aromatic carbocycles. The van der Waals surface area contributed by atoms with Crippen molar-refractivity contribution in [2.75, 3.05) is 10.6 Å². The predicted molar refractivity (Wildman–Crippen MR) is 78.0 cm³/mol. The van der Waals surface area contributed by atoms with Gasteiger partial charge in [-0.15, -0.1) is 0 Å². The molecular weight excluding hydrogens is 224 g/mol. The molecular formula is C15H24N2O. The third-order valence-corrected chi connectivity index (χ3v) is 3.13. The summed E-state index contributed by atoms with van der Waals surface area (Å²) < 4.78 is 0. The first-order valence-electron chi connectivity index (χ1n) is 6.58. The molecule has 1 unspecified atom stereocenters. The summed E-state index contributed by atoms with van der Waals surface area (Å²) in [5.41, 5.74) is 3.07. The number of nitrogens with one attached hydrogen (secondary N) is 2. The van der Waals surface area contributed by atoms with Crippen LogP contribution in [-0.2, 0) is 4.79 Å². The molecule has 3 nitrogen and oxygen atoms in total. The maximum Gasteiger partial charge on any atom is 0.221 e. The molecule has 0 spiro atoms. The second-order valence-electron chi connectivity index (χ2n) is 5.11. The number of benzene rings is 1. The number of anilines is 2. The molecule has 0 bridgehead atoms. The van der Waals surface area contributed by atoms with E-state index in [0.29, 0.717) is 12.0 Å². The maximum absolute atomic E-state index is 11.0. The van der Waals surface area contributed by atoms with Gasteiger partial charge in [-0.3, -0.25) is 4.79 Å². The highest BCUT2D eigenvalue weighted by Gasteiger charge is 2.11. The molecule has 0 saturated carbocycles. The van der Waals surface area contributed by atoms with Crippen LogP contribution >= 0.6 is 0 Å². The molecule has 1 rings (SSSR count). The molecule has 1 amide bonds. The van der Waals surface area contributed by atoms with Gasteiger partial charge in [0.25, 0.3) is 0 Å². The minimum absolute atomic E-state index is 0.0348. The fourth-order valence-corrected chi connectivity index (χ4v) is 2.04. The molecule has 0 heterocycles. The molecule has 0 fully saturated rings. The molecule has 1 aromatic rings. The van der Waals surface area contributed by atoms with E-state index in [4.69, 9.17) is 0 Å². The van der Waals surface area contributed by atoms with Crippen LogP contribution in [0.15, 0.2) is 18.2 Å². The highest BCUT2D eigenvalue weighted by molar-refractivity contribution is 5.89. The quantitative estimate of drug-likeness (QED) is 0.832. The average molecular weight is 248 g/mol. The van der Waals surface area contributed by atoms with Crippen molar-refractivity contribution >= 4 is 17.3 Å². The Morgan fingerprint density at radius 2 is 2.00 bits per heavy atom. The number of aryl methyl sites for hydroxylation is 1. The predicted octanol–water partition coefficient (Wildman–Crippen LogP) is 3.80. The Kier molecular flexibility index (Phi) is 5.20. The molecule has 3 heteroatoms. The summed E-state index contributed by atoms with van der Waals surface area (Å²) >= 11 is 0. The Balaban J connectivity index is 2.80. The lowest BCUT2D eigenvalue weighted by Gasteiger charge is -2.22. The number of carbonyl (C=O) groups excluding carboxylic acids is 1. The van der Waals surface area contributed by atoms with Crippen molar-refractivity contribution in [2.45, 2.75) is 47.1 Å². The van der Waals surface area contributed by atoms with Gasteiger partial charge < -0.3 is 10.6 Å². The summed E-state index contributed by atoms with van der Waals surface area (Å²) in [6.07, 6.45) is 1.10. The van der Waals surface area contributed by atoms with Gasteiger partial charge in [-0.1, -0.05) is 20.8 Å². The minimum atomic E-state index is -0.0348. The van der Waals surface area contributed by atoms with Crippen molar-refractivity contribution in [1.82, 2.24) is 0 Å². The van der Waals surface area contributed by atoms with E-state index in [-0.39, 0.29) is 5.91 Å². The minimum Gasteiger partial charge on any atom is -0.382 e. The van der Waals surface area contributed by atoms with Crippen molar-refractivity contribution in [3.05, 3.63) is 23.8 Å². The lowest BCUT2D eigenvalue weighted by molar-refractivity contribution is -0.114. The molecule has 0 radical (unpaired) electrons. The van der Waals surface area contributed by atoms with Crippen molar-refractivity contribution in [1.29, 1.82) is 0 Å². The zero-order valence-electron chi connectivity index (χ0n) is 12.0. The standard InChI is InChI=1S/C15H24N2O/c1-6-14(10(2)3)17-13-7-8-15(11(4)9-13)16-12(5)18/h7-10,14,17H,6H2,1-5H3,(H,16,18). The Morgan fingerprint density at radius 3 is 2.44 bits per heavy atom. The van der Waals surface area contributed by atoms with Crippen LogP contribution in [0.4, 0.5) is 11.4 Å². The summed E-state index contributed by atoms with van der Waals surface area (Å²) in [6.45, 7) is 10.2. The first kappa shape index (κ1) is 14.6. The molecule has 0 aliphatic heterocycles. The van der Waals surface area contributed by atoms with Gasteiger partial charge in [-0.25, -0.2) is 0 Å². The van der Waals surface area contributed by atoms with Gasteiger partial charge in [0.05, 0.1) is 0 Å². The smallest absolute Gasteiger partial charge is 0.221 e. The lowest BCUT2D eigenvalue weighted by Crippen LogP contribution is -2.24. The van der Waals surface area contributed by atoms with E-state index >= 15 is 0 Å². The Morgan fingerprint density at radius 1 is 1.33 bits per heavy atom. The van der Waals surface area contributed by atoms with Gasteiger partial charge in [0.15, 0.2) is 0 Å². The van der Waals surface area contributed by atoms with Crippen LogP contribution in [0.3, 0.4) is 0 Å². The van der Waals surface area contributed by atoms with Crippen molar-refractivity contribution in [2.24, 2.45) is 5.92 Å². The molecule has 100 valence electrons.